The van der Waals surface area contributed by atoms with E-state index in [1.807, 2.05) is 13.0 Å². The van der Waals surface area contributed by atoms with Gasteiger partial charge in [0.1, 0.15) is 0 Å². The Balaban J connectivity index is 2.73. The van der Waals surface area contributed by atoms with E-state index in [1.165, 1.54) is 6.08 Å². The van der Waals surface area contributed by atoms with Gasteiger partial charge in [0.15, 0.2) is 18.3 Å². The molecular formula is C15H18O5. The highest BCUT2D eigenvalue weighted by Crippen LogP contribution is 2.28. The number of carbonyl (C=O) groups is 1. The third-order valence-corrected chi connectivity index (χ3v) is 2.33. The zero-order valence-corrected chi connectivity index (χ0v) is 11.5. The first-order chi connectivity index (χ1) is 9.67. The van der Waals surface area contributed by atoms with Gasteiger partial charge in [-0.25, -0.2) is 4.79 Å². The minimum atomic E-state index is -0.980. The first-order valence-electron chi connectivity index (χ1n) is 6.13. The van der Waals surface area contributed by atoms with Crippen LogP contribution in [-0.2, 0) is 9.53 Å². The van der Waals surface area contributed by atoms with Gasteiger partial charge in [0, 0.05) is 12.7 Å². The highest BCUT2D eigenvalue weighted by Gasteiger charge is 2.04. The Morgan fingerprint density at radius 2 is 2.10 bits per heavy atom. The van der Waals surface area contributed by atoms with Crippen LogP contribution in [0.3, 0.4) is 0 Å². The molecule has 5 nitrogen and oxygen atoms in total. The first-order valence-corrected chi connectivity index (χ1v) is 6.13. The average Bonchev–Trinajstić information content (AvgIpc) is 2.44. The van der Waals surface area contributed by atoms with Crippen molar-refractivity contribution < 1.29 is 24.1 Å². The fourth-order valence-electron chi connectivity index (χ4n) is 1.40. The van der Waals surface area contributed by atoms with Crippen molar-refractivity contribution in [3.8, 4) is 11.5 Å². The molecule has 0 unspecified atom stereocenters. The lowest BCUT2D eigenvalue weighted by Gasteiger charge is -2.10. The van der Waals surface area contributed by atoms with Crippen LogP contribution in [0.15, 0.2) is 36.4 Å². The van der Waals surface area contributed by atoms with Crippen LogP contribution in [0, 0.1) is 0 Å². The predicted octanol–water partition coefficient (Wildman–Crippen LogP) is 2.72. The summed E-state index contributed by atoms with van der Waals surface area (Å²) in [5.41, 5.74) is 0.876. The molecule has 0 aliphatic rings. The largest absolute Gasteiger partial charge is 0.493 e. The van der Waals surface area contributed by atoms with E-state index < -0.39 is 5.97 Å². The van der Waals surface area contributed by atoms with Crippen molar-refractivity contribution in [2.75, 3.05) is 20.5 Å². The van der Waals surface area contributed by atoms with E-state index in [2.05, 4.69) is 0 Å². The summed E-state index contributed by atoms with van der Waals surface area (Å²) in [5, 5.41) is 8.46. The fourth-order valence-corrected chi connectivity index (χ4v) is 1.40. The van der Waals surface area contributed by atoms with Crippen molar-refractivity contribution in [3.05, 3.63) is 42.0 Å². The SMILES string of the molecule is CCOCOc1ccc(/C=C/C=C/C(=O)O)cc1OC. The number of hydrogen-bond donors (Lipinski definition) is 1. The topological polar surface area (TPSA) is 65.0 Å². The molecule has 20 heavy (non-hydrogen) atoms. The zero-order valence-electron chi connectivity index (χ0n) is 11.5. The summed E-state index contributed by atoms with van der Waals surface area (Å²) in [6.07, 6.45) is 5.93. The lowest BCUT2D eigenvalue weighted by molar-refractivity contribution is -0.131. The van der Waals surface area contributed by atoms with Gasteiger partial charge in [-0.1, -0.05) is 24.3 Å². The van der Waals surface area contributed by atoms with Crippen LogP contribution < -0.4 is 9.47 Å². The molecule has 0 aliphatic carbocycles. The molecule has 0 atom stereocenters. The Bertz CT molecular complexity index is 491. The summed E-state index contributed by atoms with van der Waals surface area (Å²) >= 11 is 0. The number of carboxylic acid groups (broad SMARTS) is 1. The number of methoxy groups -OCH3 is 1. The Morgan fingerprint density at radius 1 is 1.30 bits per heavy atom. The zero-order chi connectivity index (χ0) is 14.8. The maximum Gasteiger partial charge on any atom is 0.328 e. The summed E-state index contributed by atoms with van der Waals surface area (Å²) in [5.74, 6) is 0.208. The van der Waals surface area contributed by atoms with E-state index in [9.17, 15) is 4.79 Å². The van der Waals surface area contributed by atoms with Gasteiger partial charge < -0.3 is 19.3 Å². The van der Waals surface area contributed by atoms with Crippen LogP contribution in [0.4, 0.5) is 0 Å². The number of rotatable bonds is 8. The molecule has 1 rings (SSSR count). The van der Waals surface area contributed by atoms with Gasteiger partial charge >= 0.3 is 5.97 Å². The van der Waals surface area contributed by atoms with Gasteiger partial charge in [-0.2, -0.15) is 0 Å². The third-order valence-electron chi connectivity index (χ3n) is 2.33. The number of hydrogen-bond acceptors (Lipinski definition) is 4. The minimum absolute atomic E-state index is 0.170. The van der Waals surface area contributed by atoms with Crippen LogP contribution >= 0.6 is 0 Å². The van der Waals surface area contributed by atoms with E-state index in [-0.39, 0.29) is 6.79 Å². The normalized spacial score (nSPS) is 11.1. The van der Waals surface area contributed by atoms with Crippen LogP contribution in [0.2, 0.25) is 0 Å². The van der Waals surface area contributed by atoms with Gasteiger partial charge in [0.2, 0.25) is 0 Å². The average molecular weight is 278 g/mol. The lowest BCUT2D eigenvalue weighted by atomic mass is 10.2. The minimum Gasteiger partial charge on any atom is -0.493 e. The van der Waals surface area contributed by atoms with Crippen molar-refractivity contribution >= 4 is 12.0 Å². The highest BCUT2D eigenvalue weighted by atomic mass is 16.7. The van der Waals surface area contributed by atoms with E-state index in [0.717, 1.165) is 11.6 Å². The summed E-state index contributed by atoms with van der Waals surface area (Å²) < 4.78 is 15.8. The molecule has 0 saturated carbocycles. The molecule has 0 aromatic heterocycles. The molecule has 1 N–H and O–H groups in total. The van der Waals surface area contributed by atoms with E-state index >= 15 is 0 Å². The summed E-state index contributed by atoms with van der Waals surface area (Å²) in [7, 11) is 1.56. The second-order valence-electron chi connectivity index (χ2n) is 3.72. The van der Waals surface area contributed by atoms with Crippen molar-refractivity contribution in [3.63, 3.8) is 0 Å². The maximum atomic E-state index is 10.3. The molecule has 0 fully saturated rings. The van der Waals surface area contributed by atoms with Crippen LogP contribution in [0.1, 0.15) is 12.5 Å². The van der Waals surface area contributed by atoms with Crippen molar-refractivity contribution in [1.29, 1.82) is 0 Å². The molecule has 0 heterocycles. The van der Waals surface area contributed by atoms with Gasteiger partial charge in [-0.05, 0) is 24.6 Å². The number of aliphatic carboxylic acids is 1. The van der Waals surface area contributed by atoms with Gasteiger partial charge in [0.05, 0.1) is 7.11 Å². The van der Waals surface area contributed by atoms with E-state index in [0.29, 0.717) is 18.1 Å². The van der Waals surface area contributed by atoms with Gasteiger partial charge in [-0.15, -0.1) is 0 Å². The Labute approximate surface area is 118 Å². The van der Waals surface area contributed by atoms with Crippen LogP contribution in [0.25, 0.3) is 6.08 Å². The number of allylic oxidation sites excluding steroid dienone is 2. The molecule has 108 valence electrons. The number of benzene rings is 1. The Morgan fingerprint density at radius 3 is 2.75 bits per heavy atom. The molecule has 0 amide bonds. The molecule has 0 bridgehead atoms. The molecule has 0 spiro atoms. The molecule has 0 aliphatic heterocycles. The Kier molecular flexibility index (Phi) is 6.92. The third kappa shape index (κ3) is 5.58. The molecule has 1 aromatic rings. The molecule has 5 heteroatoms. The van der Waals surface area contributed by atoms with Crippen molar-refractivity contribution in [2.24, 2.45) is 0 Å². The van der Waals surface area contributed by atoms with E-state index in [4.69, 9.17) is 19.3 Å². The fraction of sp³-hybridized carbons (Fsp3) is 0.267. The second kappa shape index (κ2) is 8.77. The molecular weight excluding hydrogens is 260 g/mol. The highest BCUT2D eigenvalue weighted by molar-refractivity contribution is 5.80. The lowest BCUT2D eigenvalue weighted by Crippen LogP contribution is -2.03. The number of ether oxygens (including phenoxy) is 3. The summed E-state index contributed by atoms with van der Waals surface area (Å²) in [6.45, 7) is 2.64. The maximum absolute atomic E-state index is 10.3. The molecule has 0 radical (unpaired) electrons. The predicted molar refractivity (Wildman–Crippen MR) is 75.9 cm³/mol. The quantitative estimate of drug-likeness (QED) is 0.343. The standard InChI is InChI=1S/C15H18O5/c1-3-19-11-20-13-9-8-12(10-14(13)18-2)6-4-5-7-15(16)17/h4-10H,3,11H2,1-2H3,(H,16,17)/b6-4+,7-5+. The first kappa shape index (κ1) is 15.8. The van der Waals surface area contributed by atoms with Gasteiger partial charge in [-0.3, -0.25) is 0 Å². The molecule has 1 aromatic carbocycles. The molecule has 0 saturated heterocycles. The van der Waals surface area contributed by atoms with Crippen LogP contribution in [-0.4, -0.2) is 31.6 Å². The number of carboxylic acids is 1. The van der Waals surface area contributed by atoms with Crippen molar-refractivity contribution in [1.82, 2.24) is 0 Å². The Hall–Kier alpha value is -2.27. The van der Waals surface area contributed by atoms with Crippen LogP contribution in [0.5, 0.6) is 11.5 Å². The second-order valence-corrected chi connectivity index (χ2v) is 3.72. The smallest absolute Gasteiger partial charge is 0.328 e. The van der Waals surface area contributed by atoms with E-state index in [1.54, 1.807) is 31.4 Å². The summed E-state index contributed by atoms with van der Waals surface area (Å²) in [4.78, 5) is 10.3. The van der Waals surface area contributed by atoms with Gasteiger partial charge in [0.25, 0.3) is 0 Å². The summed E-state index contributed by atoms with van der Waals surface area (Å²) in [6, 6.07) is 5.42. The van der Waals surface area contributed by atoms with Crippen molar-refractivity contribution in [2.45, 2.75) is 6.92 Å². The monoisotopic (exact) mass is 278 g/mol.